The van der Waals surface area contributed by atoms with E-state index in [0.29, 0.717) is 29.0 Å². The maximum atomic E-state index is 12.3. The van der Waals surface area contributed by atoms with Crippen LogP contribution in [0.25, 0.3) is 11.0 Å². The number of aryl methyl sites for hydroxylation is 1. The lowest BCUT2D eigenvalue weighted by Gasteiger charge is -2.35. The van der Waals surface area contributed by atoms with Gasteiger partial charge in [-0.2, -0.15) is 5.26 Å². The van der Waals surface area contributed by atoms with E-state index in [0.717, 1.165) is 6.42 Å². The van der Waals surface area contributed by atoms with Crippen LogP contribution in [-0.2, 0) is 11.8 Å². The van der Waals surface area contributed by atoms with Gasteiger partial charge in [0.1, 0.15) is 23.1 Å². The molecule has 0 radical (unpaired) electrons. The van der Waals surface area contributed by atoms with E-state index >= 15 is 0 Å². The average Bonchev–Trinajstić information content (AvgIpc) is 2.58. The molecule has 122 valence electrons. The number of Topliss-reactive ketones (excluding diaryl/α,β-unsaturated/α-hetero) is 1. The molecule has 2 aromatic heterocycles. The number of hydrogen-bond acceptors (Lipinski definition) is 5. The van der Waals surface area contributed by atoms with Crippen molar-refractivity contribution in [1.29, 1.82) is 5.26 Å². The first-order valence-electron chi connectivity index (χ1n) is 7.85. The Kier molecular flexibility index (Phi) is 3.94. The summed E-state index contributed by atoms with van der Waals surface area (Å²) in [6.45, 7) is 6.45. The highest BCUT2D eigenvalue weighted by molar-refractivity contribution is 5.93. The van der Waals surface area contributed by atoms with Gasteiger partial charge in [0.25, 0.3) is 5.56 Å². The highest BCUT2D eigenvalue weighted by Crippen LogP contribution is 2.32. The topological polar surface area (TPSA) is 79.0 Å². The Morgan fingerprint density at radius 3 is 2.83 bits per heavy atom. The summed E-state index contributed by atoms with van der Waals surface area (Å²) in [4.78, 5) is 30.7. The molecule has 1 saturated heterocycles. The zero-order chi connectivity index (χ0) is 17.4. The van der Waals surface area contributed by atoms with E-state index in [-0.39, 0.29) is 29.4 Å². The molecule has 0 saturated carbocycles. The van der Waals surface area contributed by atoms with Crippen LogP contribution in [0, 0.1) is 17.2 Å². The monoisotopic (exact) mass is 322 g/mol. The summed E-state index contributed by atoms with van der Waals surface area (Å²) in [7, 11) is 1.67. The summed E-state index contributed by atoms with van der Waals surface area (Å²) >= 11 is 0. The molecule has 6 nitrogen and oxygen atoms in total. The van der Waals surface area contributed by atoms with Gasteiger partial charge in [0.15, 0.2) is 0 Å². The molecule has 2 aromatic rings. The van der Waals surface area contributed by atoms with Gasteiger partial charge in [-0.05, 0) is 18.6 Å². The van der Waals surface area contributed by atoms with Crippen molar-refractivity contribution in [2.45, 2.75) is 19.8 Å². The molecule has 6 heteroatoms. The van der Waals surface area contributed by atoms with Gasteiger partial charge >= 0.3 is 0 Å². The number of ketones is 1. The minimum absolute atomic E-state index is 0.0891. The van der Waals surface area contributed by atoms with Crippen LogP contribution in [0.1, 0.15) is 25.5 Å². The molecule has 1 aliphatic heterocycles. The van der Waals surface area contributed by atoms with Crippen molar-refractivity contribution < 1.29 is 4.79 Å². The van der Waals surface area contributed by atoms with Crippen molar-refractivity contribution >= 4 is 22.5 Å². The quantitative estimate of drug-likeness (QED) is 0.846. The van der Waals surface area contributed by atoms with Crippen LogP contribution >= 0.6 is 0 Å². The Labute approximate surface area is 139 Å². The number of carbonyl (C=O) groups is 1. The van der Waals surface area contributed by atoms with Gasteiger partial charge in [0.05, 0.1) is 11.2 Å². The van der Waals surface area contributed by atoms with Crippen molar-refractivity contribution in [2.24, 2.45) is 13.0 Å². The van der Waals surface area contributed by atoms with E-state index in [9.17, 15) is 9.59 Å². The third-order valence-electron chi connectivity index (χ3n) is 4.59. The zero-order valence-corrected chi connectivity index (χ0v) is 13.7. The summed E-state index contributed by atoms with van der Waals surface area (Å²) in [6.07, 6.45) is 1.01. The van der Waals surface area contributed by atoms with Gasteiger partial charge in [-0.15, -0.1) is 0 Å². The van der Waals surface area contributed by atoms with Crippen LogP contribution in [0.15, 0.2) is 35.3 Å². The molecule has 1 fully saturated rings. The Morgan fingerprint density at radius 1 is 1.42 bits per heavy atom. The number of nitrogens with zero attached hydrogens (tertiary/aromatic N) is 4. The molecular formula is C18H18N4O2. The molecule has 24 heavy (non-hydrogen) atoms. The Morgan fingerprint density at radius 2 is 2.17 bits per heavy atom. The van der Waals surface area contributed by atoms with Crippen molar-refractivity contribution in [1.82, 2.24) is 9.55 Å². The fourth-order valence-electron chi connectivity index (χ4n) is 3.10. The molecular weight excluding hydrogens is 304 g/mol. The number of aromatic nitrogens is 2. The average molecular weight is 322 g/mol. The molecule has 0 amide bonds. The van der Waals surface area contributed by atoms with Gasteiger partial charge < -0.3 is 9.47 Å². The van der Waals surface area contributed by atoms with Crippen LogP contribution in [-0.4, -0.2) is 21.9 Å². The Hall–Kier alpha value is -2.94. The van der Waals surface area contributed by atoms with Crippen LogP contribution in [0.2, 0.25) is 0 Å². The second-order valence-corrected chi connectivity index (χ2v) is 6.03. The molecule has 3 rings (SSSR count). The fraction of sp³-hybridized carbons (Fsp3) is 0.333. The number of rotatable bonds is 2. The molecule has 0 spiro atoms. The largest absolute Gasteiger partial charge is 0.343 e. The summed E-state index contributed by atoms with van der Waals surface area (Å²) in [6, 6.07) is 6.85. The molecule has 3 heterocycles. The number of allylic oxidation sites excluding steroid dienone is 1. The number of pyridine rings is 2. The number of piperidine rings is 1. The van der Waals surface area contributed by atoms with E-state index in [2.05, 4.69) is 11.6 Å². The summed E-state index contributed by atoms with van der Waals surface area (Å²) in [5.41, 5.74) is 2.61. The van der Waals surface area contributed by atoms with Crippen molar-refractivity contribution in [3.05, 3.63) is 46.5 Å². The van der Waals surface area contributed by atoms with Crippen molar-refractivity contribution in [3.63, 3.8) is 0 Å². The normalized spacial score (nSPS) is 18.0. The van der Waals surface area contributed by atoms with Crippen LogP contribution in [0.3, 0.4) is 0 Å². The third kappa shape index (κ3) is 2.48. The Bertz CT molecular complexity index is 952. The first-order valence-corrected chi connectivity index (χ1v) is 7.85. The van der Waals surface area contributed by atoms with E-state index in [1.54, 1.807) is 19.2 Å². The SMILES string of the molecule is C=C1CC(=O)[C@H](CC)CN1c1cc(=O)n(C)c2ccc(C#N)nc12. The summed E-state index contributed by atoms with van der Waals surface area (Å²) in [5.74, 6) is 0.0892. The lowest BCUT2D eigenvalue weighted by atomic mass is 9.92. The zero-order valence-electron chi connectivity index (χ0n) is 13.7. The predicted molar refractivity (Wildman–Crippen MR) is 91.6 cm³/mol. The van der Waals surface area contributed by atoms with Crippen molar-refractivity contribution in [3.8, 4) is 6.07 Å². The summed E-state index contributed by atoms with van der Waals surface area (Å²) < 4.78 is 1.50. The Balaban J connectivity index is 2.23. The molecule has 0 aliphatic carbocycles. The highest BCUT2D eigenvalue weighted by Gasteiger charge is 2.30. The molecule has 0 unspecified atom stereocenters. The number of nitriles is 1. The van der Waals surface area contributed by atoms with E-state index < -0.39 is 0 Å². The van der Waals surface area contributed by atoms with Gasteiger partial charge in [0.2, 0.25) is 0 Å². The second kappa shape index (κ2) is 5.93. The lowest BCUT2D eigenvalue weighted by molar-refractivity contribution is -0.122. The fourth-order valence-corrected chi connectivity index (χ4v) is 3.10. The number of fused-ring (bicyclic) bond motifs is 1. The lowest BCUT2D eigenvalue weighted by Crippen LogP contribution is -2.39. The minimum Gasteiger partial charge on any atom is -0.343 e. The maximum Gasteiger partial charge on any atom is 0.252 e. The minimum atomic E-state index is -0.165. The van der Waals surface area contributed by atoms with Crippen LogP contribution < -0.4 is 10.5 Å². The summed E-state index contributed by atoms with van der Waals surface area (Å²) in [5, 5.41) is 9.13. The predicted octanol–water partition coefficient (Wildman–Crippen LogP) is 2.12. The first-order chi connectivity index (χ1) is 11.5. The maximum absolute atomic E-state index is 12.3. The number of anilines is 1. The van der Waals surface area contributed by atoms with Gasteiger partial charge in [0, 0.05) is 37.7 Å². The van der Waals surface area contributed by atoms with E-state index in [4.69, 9.17) is 5.26 Å². The second-order valence-electron chi connectivity index (χ2n) is 6.03. The molecule has 0 aromatic carbocycles. The molecule has 1 atom stereocenters. The van der Waals surface area contributed by atoms with Gasteiger partial charge in [-0.1, -0.05) is 13.5 Å². The van der Waals surface area contributed by atoms with Crippen LogP contribution in [0.5, 0.6) is 0 Å². The standard InChI is InChI=1S/C18H18N4O2/c1-4-12-10-22(11(2)7-16(12)23)15-8-17(24)21(3)14-6-5-13(9-19)20-18(14)15/h5-6,8,12H,2,4,7,10H2,1,3H3/t12-/m1/s1. The number of hydrogen-bond donors (Lipinski definition) is 0. The smallest absolute Gasteiger partial charge is 0.252 e. The highest BCUT2D eigenvalue weighted by atomic mass is 16.1. The van der Waals surface area contributed by atoms with Gasteiger partial charge in [-0.3, -0.25) is 9.59 Å². The third-order valence-corrected chi connectivity index (χ3v) is 4.59. The van der Waals surface area contributed by atoms with E-state index in [1.165, 1.54) is 10.6 Å². The molecule has 0 N–H and O–H groups in total. The number of carbonyl (C=O) groups excluding carboxylic acids is 1. The molecule has 1 aliphatic rings. The van der Waals surface area contributed by atoms with Crippen molar-refractivity contribution in [2.75, 3.05) is 11.4 Å². The molecule has 0 bridgehead atoms. The van der Waals surface area contributed by atoms with Gasteiger partial charge in [-0.25, -0.2) is 4.98 Å². The van der Waals surface area contributed by atoms with Crippen LogP contribution in [0.4, 0.5) is 5.69 Å². The van der Waals surface area contributed by atoms with E-state index in [1.807, 2.05) is 17.9 Å². The first kappa shape index (κ1) is 15.9.